The predicted molar refractivity (Wildman–Crippen MR) is 71.8 cm³/mol. The summed E-state index contributed by atoms with van der Waals surface area (Å²) in [6.07, 6.45) is 3.38. The van der Waals surface area contributed by atoms with Crippen LogP contribution < -0.4 is 5.32 Å². The molecule has 0 saturated heterocycles. The number of carbonyl (C=O) groups excluding carboxylic acids is 1. The van der Waals surface area contributed by atoms with Crippen molar-refractivity contribution < 1.29 is 4.79 Å². The van der Waals surface area contributed by atoms with Crippen molar-refractivity contribution in [3.05, 3.63) is 35.7 Å². The smallest absolute Gasteiger partial charge is 0.270 e. The van der Waals surface area contributed by atoms with E-state index in [2.05, 4.69) is 20.4 Å². The Morgan fingerprint density at radius 1 is 1.42 bits per heavy atom. The fraction of sp³-hybridized carbons (Fsp3) is 0.462. The van der Waals surface area contributed by atoms with Gasteiger partial charge in [-0.3, -0.25) is 9.48 Å². The van der Waals surface area contributed by atoms with Crippen LogP contribution in [-0.4, -0.2) is 25.7 Å². The zero-order valence-corrected chi connectivity index (χ0v) is 11.6. The maximum absolute atomic E-state index is 12.2. The van der Waals surface area contributed by atoms with Crippen molar-refractivity contribution in [2.45, 2.75) is 39.8 Å². The summed E-state index contributed by atoms with van der Waals surface area (Å²) in [5.74, 6) is 0.606. The summed E-state index contributed by atoms with van der Waals surface area (Å²) in [6.45, 7) is 7.80. The van der Waals surface area contributed by atoms with Gasteiger partial charge < -0.3 is 10.3 Å². The molecule has 0 aromatic carbocycles. The molecule has 0 saturated carbocycles. The van der Waals surface area contributed by atoms with Crippen LogP contribution in [-0.2, 0) is 0 Å². The molecule has 2 aromatic rings. The Bertz CT molecular complexity index is 569. The number of nitrogens with zero attached hydrogens (tertiary/aromatic N) is 3. The normalized spacial score (nSPS) is 12.7. The molecule has 19 heavy (non-hydrogen) atoms. The number of nitrogens with one attached hydrogen (secondary N) is 2. The summed E-state index contributed by atoms with van der Waals surface area (Å²) in [4.78, 5) is 19.5. The fourth-order valence-electron chi connectivity index (χ4n) is 1.90. The van der Waals surface area contributed by atoms with E-state index in [0.29, 0.717) is 5.69 Å². The molecule has 0 fully saturated rings. The third-order valence-corrected chi connectivity index (χ3v) is 2.87. The highest BCUT2D eigenvalue weighted by atomic mass is 16.2. The first-order chi connectivity index (χ1) is 8.99. The second-order valence-electron chi connectivity index (χ2n) is 4.90. The number of H-pyrrole nitrogens is 1. The maximum atomic E-state index is 12.2. The molecule has 1 atom stereocenters. The minimum absolute atomic E-state index is 0.146. The molecule has 0 aliphatic rings. The maximum Gasteiger partial charge on any atom is 0.270 e. The van der Waals surface area contributed by atoms with Gasteiger partial charge in [-0.2, -0.15) is 5.10 Å². The van der Waals surface area contributed by atoms with Crippen LogP contribution in [0.25, 0.3) is 0 Å². The molecule has 0 radical (unpaired) electrons. The number of rotatable bonds is 4. The van der Waals surface area contributed by atoms with Gasteiger partial charge in [-0.15, -0.1) is 0 Å². The molecular weight excluding hydrogens is 242 g/mol. The first kappa shape index (κ1) is 13.3. The molecule has 1 amide bonds. The van der Waals surface area contributed by atoms with E-state index in [9.17, 15) is 4.79 Å². The van der Waals surface area contributed by atoms with Crippen molar-refractivity contribution in [2.75, 3.05) is 0 Å². The van der Waals surface area contributed by atoms with E-state index in [1.165, 1.54) is 0 Å². The van der Waals surface area contributed by atoms with E-state index in [1.807, 2.05) is 27.7 Å². The van der Waals surface area contributed by atoms with Crippen molar-refractivity contribution in [3.8, 4) is 0 Å². The van der Waals surface area contributed by atoms with Crippen LogP contribution in [0.1, 0.15) is 54.9 Å². The minimum atomic E-state index is -0.170. The Morgan fingerprint density at radius 3 is 2.74 bits per heavy atom. The van der Waals surface area contributed by atoms with Gasteiger partial charge in [0.25, 0.3) is 5.91 Å². The number of aromatic nitrogens is 4. The lowest BCUT2D eigenvalue weighted by Crippen LogP contribution is -2.29. The summed E-state index contributed by atoms with van der Waals surface area (Å²) >= 11 is 0. The molecule has 2 N–H and O–H groups in total. The Kier molecular flexibility index (Phi) is 3.69. The van der Waals surface area contributed by atoms with E-state index in [-0.39, 0.29) is 18.0 Å². The van der Waals surface area contributed by atoms with E-state index in [4.69, 9.17) is 0 Å². The number of aryl methyl sites for hydroxylation is 1. The number of imidazole rings is 1. The lowest BCUT2D eigenvalue weighted by Gasteiger charge is -2.14. The largest absolute Gasteiger partial charge is 0.344 e. The third kappa shape index (κ3) is 2.83. The highest BCUT2D eigenvalue weighted by molar-refractivity contribution is 5.92. The summed E-state index contributed by atoms with van der Waals surface area (Å²) < 4.78 is 1.70. The standard InChI is InChI=1S/C13H19N5O/c1-8(2)18-11(5-6-15-18)13(19)17-10(4)12-14-7-9(3)16-12/h5-8,10H,1-4H3,(H,14,16)(H,17,19). The van der Waals surface area contributed by atoms with Crippen molar-refractivity contribution in [1.82, 2.24) is 25.1 Å². The van der Waals surface area contributed by atoms with E-state index < -0.39 is 0 Å². The van der Waals surface area contributed by atoms with Crippen molar-refractivity contribution >= 4 is 5.91 Å². The van der Waals surface area contributed by atoms with Crippen LogP contribution in [0.15, 0.2) is 18.5 Å². The Morgan fingerprint density at radius 2 is 2.16 bits per heavy atom. The van der Waals surface area contributed by atoms with Crippen molar-refractivity contribution in [3.63, 3.8) is 0 Å². The molecule has 0 spiro atoms. The highest BCUT2D eigenvalue weighted by Crippen LogP contribution is 2.11. The van der Waals surface area contributed by atoms with Gasteiger partial charge in [0.05, 0.1) is 6.04 Å². The van der Waals surface area contributed by atoms with E-state index in [0.717, 1.165) is 11.5 Å². The van der Waals surface area contributed by atoms with E-state index >= 15 is 0 Å². The molecule has 2 aromatic heterocycles. The number of hydrogen-bond acceptors (Lipinski definition) is 3. The van der Waals surface area contributed by atoms with Crippen LogP contribution in [0.3, 0.4) is 0 Å². The molecule has 0 bridgehead atoms. The number of amides is 1. The zero-order chi connectivity index (χ0) is 14.0. The quantitative estimate of drug-likeness (QED) is 0.883. The molecule has 1 unspecified atom stereocenters. The van der Waals surface area contributed by atoms with Gasteiger partial charge in [0.1, 0.15) is 11.5 Å². The molecule has 0 aliphatic heterocycles. The summed E-state index contributed by atoms with van der Waals surface area (Å²) in [5, 5.41) is 7.07. The van der Waals surface area contributed by atoms with Gasteiger partial charge in [-0.1, -0.05) is 0 Å². The molecule has 0 aliphatic carbocycles. The molecule has 102 valence electrons. The average Bonchev–Trinajstić information content (AvgIpc) is 2.96. The van der Waals surface area contributed by atoms with Gasteiger partial charge >= 0.3 is 0 Å². The molecule has 2 heterocycles. The Balaban J connectivity index is 2.10. The summed E-state index contributed by atoms with van der Waals surface area (Å²) in [7, 11) is 0. The lowest BCUT2D eigenvalue weighted by atomic mass is 10.3. The minimum Gasteiger partial charge on any atom is -0.344 e. The van der Waals surface area contributed by atoms with Crippen molar-refractivity contribution in [2.24, 2.45) is 0 Å². The fourth-order valence-corrected chi connectivity index (χ4v) is 1.90. The van der Waals surface area contributed by atoms with Gasteiger partial charge in [-0.05, 0) is 33.8 Å². The topological polar surface area (TPSA) is 75.6 Å². The zero-order valence-electron chi connectivity index (χ0n) is 11.6. The van der Waals surface area contributed by atoms with E-state index in [1.54, 1.807) is 23.1 Å². The third-order valence-electron chi connectivity index (χ3n) is 2.87. The number of hydrogen-bond donors (Lipinski definition) is 2. The molecule has 2 rings (SSSR count). The van der Waals surface area contributed by atoms with Crippen molar-refractivity contribution in [1.29, 1.82) is 0 Å². The highest BCUT2D eigenvalue weighted by Gasteiger charge is 2.17. The summed E-state index contributed by atoms with van der Waals surface area (Å²) in [6, 6.07) is 1.70. The lowest BCUT2D eigenvalue weighted by molar-refractivity contribution is 0.0925. The number of carbonyl (C=O) groups is 1. The van der Waals surface area contributed by atoms with Gasteiger partial charge in [0.15, 0.2) is 0 Å². The van der Waals surface area contributed by atoms with Crippen LogP contribution in [0.2, 0.25) is 0 Å². The van der Waals surface area contributed by atoms with Crippen LogP contribution in [0.5, 0.6) is 0 Å². The first-order valence-electron chi connectivity index (χ1n) is 6.35. The molecule has 6 heteroatoms. The van der Waals surface area contributed by atoms with Gasteiger partial charge in [0.2, 0.25) is 0 Å². The predicted octanol–water partition coefficient (Wildman–Crippen LogP) is 1.99. The molecular formula is C13H19N5O. The number of aromatic amines is 1. The summed E-state index contributed by atoms with van der Waals surface area (Å²) in [5.41, 5.74) is 1.54. The monoisotopic (exact) mass is 261 g/mol. The second kappa shape index (κ2) is 5.26. The Labute approximate surface area is 112 Å². The van der Waals surface area contributed by atoms with Crippen LogP contribution >= 0.6 is 0 Å². The van der Waals surface area contributed by atoms with Crippen LogP contribution in [0, 0.1) is 6.92 Å². The van der Waals surface area contributed by atoms with Gasteiger partial charge in [-0.25, -0.2) is 4.98 Å². The molecule has 6 nitrogen and oxygen atoms in total. The first-order valence-corrected chi connectivity index (χ1v) is 6.35. The van der Waals surface area contributed by atoms with Crippen LogP contribution in [0.4, 0.5) is 0 Å². The SMILES string of the molecule is Cc1cnc(C(C)NC(=O)c2ccnn2C(C)C)[nH]1. The second-order valence-corrected chi connectivity index (χ2v) is 4.90. The van der Waals surface area contributed by atoms with Gasteiger partial charge in [0, 0.05) is 24.1 Å². The Hall–Kier alpha value is -2.11. The average molecular weight is 261 g/mol.